The van der Waals surface area contributed by atoms with Gasteiger partial charge in [0.25, 0.3) is 5.91 Å². The van der Waals surface area contributed by atoms with Gasteiger partial charge in [-0.2, -0.15) is 4.31 Å². The van der Waals surface area contributed by atoms with Crippen LogP contribution < -0.4 is 0 Å². The first-order valence-corrected chi connectivity index (χ1v) is 9.70. The molecular formula is C17H24N2O5S. The molecular weight excluding hydrogens is 344 g/mol. The molecule has 0 N–H and O–H groups in total. The number of sulfonamides is 1. The maximum atomic E-state index is 12.6. The minimum absolute atomic E-state index is 0.156. The SMILES string of the molecule is C[C@H](OC(=O)c1ccc(S(=O)(=O)N2CCCCC2)cc1)C(=O)N(C)C. The van der Waals surface area contributed by atoms with Crippen molar-refractivity contribution in [2.45, 2.75) is 37.2 Å². The third-order valence-electron chi connectivity index (χ3n) is 4.12. The van der Waals surface area contributed by atoms with E-state index in [1.54, 1.807) is 14.1 Å². The van der Waals surface area contributed by atoms with Gasteiger partial charge in [-0.15, -0.1) is 0 Å². The van der Waals surface area contributed by atoms with Crippen LogP contribution in [0, 0.1) is 0 Å². The number of esters is 1. The molecule has 1 heterocycles. The number of piperidine rings is 1. The largest absolute Gasteiger partial charge is 0.449 e. The molecule has 1 aliphatic heterocycles. The van der Waals surface area contributed by atoms with Crippen molar-refractivity contribution in [2.24, 2.45) is 0 Å². The van der Waals surface area contributed by atoms with E-state index >= 15 is 0 Å². The maximum absolute atomic E-state index is 12.6. The van der Waals surface area contributed by atoms with Crippen LogP contribution in [0.5, 0.6) is 0 Å². The summed E-state index contributed by atoms with van der Waals surface area (Å²) in [6.07, 6.45) is 1.86. The van der Waals surface area contributed by atoms with Crippen LogP contribution in [-0.4, -0.2) is 62.8 Å². The summed E-state index contributed by atoms with van der Waals surface area (Å²) in [6, 6.07) is 5.62. The van der Waals surface area contributed by atoms with Crippen molar-refractivity contribution in [1.82, 2.24) is 9.21 Å². The number of benzene rings is 1. The summed E-state index contributed by atoms with van der Waals surface area (Å²) < 4.78 is 31.7. The van der Waals surface area contributed by atoms with Gasteiger partial charge in [-0.05, 0) is 44.0 Å². The molecule has 1 aliphatic rings. The van der Waals surface area contributed by atoms with E-state index in [2.05, 4.69) is 0 Å². The van der Waals surface area contributed by atoms with Crippen molar-refractivity contribution >= 4 is 21.9 Å². The van der Waals surface area contributed by atoms with Gasteiger partial charge in [0, 0.05) is 27.2 Å². The van der Waals surface area contributed by atoms with Gasteiger partial charge < -0.3 is 9.64 Å². The number of hydrogen-bond acceptors (Lipinski definition) is 5. The topological polar surface area (TPSA) is 84.0 Å². The summed E-state index contributed by atoms with van der Waals surface area (Å²) in [5, 5.41) is 0. The van der Waals surface area contributed by atoms with E-state index in [1.165, 1.54) is 40.4 Å². The fourth-order valence-electron chi connectivity index (χ4n) is 2.66. The average Bonchev–Trinajstić information content (AvgIpc) is 2.61. The van der Waals surface area contributed by atoms with Crippen molar-refractivity contribution in [1.29, 1.82) is 0 Å². The lowest BCUT2D eigenvalue weighted by molar-refractivity contribution is -0.137. The number of hydrogen-bond donors (Lipinski definition) is 0. The highest BCUT2D eigenvalue weighted by atomic mass is 32.2. The van der Waals surface area contributed by atoms with Crippen molar-refractivity contribution in [3.63, 3.8) is 0 Å². The van der Waals surface area contributed by atoms with Crippen LogP contribution in [0.3, 0.4) is 0 Å². The standard InChI is InChI=1S/C17H24N2O5S/c1-13(16(20)18(2)3)24-17(21)14-7-9-15(10-8-14)25(22,23)19-11-5-4-6-12-19/h7-10,13H,4-6,11-12H2,1-3H3/t13-/m0/s1. The van der Waals surface area contributed by atoms with Gasteiger partial charge in [-0.25, -0.2) is 13.2 Å². The molecule has 7 nitrogen and oxygen atoms in total. The highest BCUT2D eigenvalue weighted by Gasteiger charge is 2.26. The first kappa shape index (κ1) is 19.4. The second kappa shape index (κ2) is 7.97. The van der Waals surface area contributed by atoms with Crippen molar-refractivity contribution in [3.05, 3.63) is 29.8 Å². The monoisotopic (exact) mass is 368 g/mol. The van der Waals surface area contributed by atoms with E-state index in [-0.39, 0.29) is 16.4 Å². The Morgan fingerprint density at radius 3 is 2.16 bits per heavy atom. The van der Waals surface area contributed by atoms with Crippen LogP contribution in [0.25, 0.3) is 0 Å². The molecule has 0 bridgehead atoms. The Kier molecular flexibility index (Phi) is 6.18. The van der Waals surface area contributed by atoms with Crippen molar-refractivity contribution in [2.75, 3.05) is 27.2 Å². The lowest BCUT2D eigenvalue weighted by Gasteiger charge is -2.25. The molecule has 0 aliphatic carbocycles. The summed E-state index contributed by atoms with van der Waals surface area (Å²) in [5.74, 6) is -0.984. The van der Waals surface area contributed by atoms with Crippen LogP contribution >= 0.6 is 0 Å². The number of carbonyl (C=O) groups excluding carboxylic acids is 2. The Hall–Kier alpha value is -1.93. The Labute approximate surface area is 148 Å². The van der Waals surface area contributed by atoms with Crippen LogP contribution in [0.15, 0.2) is 29.2 Å². The normalized spacial score (nSPS) is 16.9. The predicted molar refractivity (Wildman–Crippen MR) is 92.6 cm³/mol. The highest BCUT2D eigenvalue weighted by Crippen LogP contribution is 2.21. The van der Waals surface area contributed by atoms with E-state index < -0.39 is 22.1 Å². The Morgan fingerprint density at radius 1 is 1.08 bits per heavy atom. The van der Waals surface area contributed by atoms with Crippen molar-refractivity contribution < 1.29 is 22.7 Å². The zero-order valence-corrected chi connectivity index (χ0v) is 15.6. The van der Waals surface area contributed by atoms with Gasteiger partial charge in [0.05, 0.1) is 10.5 Å². The van der Waals surface area contributed by atoms with E-state index in [4.69, 9.17) is 4.74 Å². The van der Waals surface area contributed by atoms with Crippen molar-refractivity contribution in [3.8, 4) is 0 Å². The van der Waals surface area contributed by atoms with Gasteiger partial charge in [0.1, 0.15) is 0 Å². The zero-order chi connectivity index (χ0) is 18.6. The summed E-state index contributed by atoms with van der Waals surface area (Å²) in [4.78, 5) is 25.3. The molecule has 0 spiro atoms. The highest BCUT2D eigenvalue weighted by molar-refractivity contribution is 7.89. The summed E-state index contributed by atoms with van der Waals surface area (Å²) in [6.45, 7) is 2.54. The first-order chi connectivity index (χ1) is 11.7. The van der Waals surface area contributed by atoms with Crippen LogP contribution in [0.2, 0.25) is 0 Å². The number of amides is 1. The number of rotatable bonds is 5. The smallest absolute Gasteiger partial charge is 0.338 e. The molecule has 138 valence electrons. The fourth-order valence-corrected chi connectivity index (χ4v) is 4.18. The first-order valence-electron chi connectivity index (χ1n) is 8.26. The van der Waals surface area contributed by atoms with Gasteiger partial charge in [0.15, 0.2) is 6.10 Å². The molecule has 1 atom stereocenters. The number of carbonyl (C=O) groups is 2. The summed E-state index contributed by atoms with van der Waals surface area (Å²) >= 11 is 0. The molecule has 25 heavy (non-hydrogen) atoms. The fraction of sp³-hybridized carbons (Fsp3) is 0.529. The Balaban J connectivity index is 2.08. The van der Waals surface area contributed by atoms with Crippen LogP contribution in [0.4, 0.5) is 0 Å². The van der Waals surface area contributed by atoms with Crippen LogP contribution in [-0.2, 0) is 19.6 Å². The summed E-state index contributed by atoms with van der Waals surface area (Å²) in [7, 11) is -0.379. The minimum Gasteiger partial charge on any atom is -0.449 e. The number of nitrogens with zero attached hydrogens (tertiary/aromatic N) is 2. The second-order valence-electron chi connectivity index (χ2n) is 6.27. The molecule has 0 aromatic heterocycles. The maximum Gasteiger partial charge on any atom is 0.338 e. The number of ether oxygens (including phenoxy) is 1. The van der Waals surface area contributed by atoms with Gasteiger partial charge in [0.2, 0.25) is 10.0 Å². The zero-order valence-electron chi connectivity index (χ0n) is 14.8. The molecule has 2 rings (SSSR count). The van der Waals surface area contributed by atoms with Gasteiger partial charge >= 0.3 is 5.97 Å². The Morgan fingerprint density at radius 2 is 1.64 bits per heavy atom. The molecule has 1 fully saturated rings. The molecule has 1 amide bonds. The average molecular weight is 368 g/mol. The molecule has 0 radical (unpaired) electrons. The molecule has 1 aromatic rings. The van der Waals surface area contributed by atoms with E-state index in [0.717, 1.165) is 19.3 Å². The van der Waals surface area contributed by atoms with E-state index in [1.807, 2.05) is 0 Å². The molecule has 1 aromatic carbocycles. The lowest BCUT2D eigenvalue weighted by atomic mass is 10.2. The molecule has 0 unspecified atom stereocenters. The third-order valence-corrected chi connectivity index (χ3v) is 6.03. The third kappa shape index (κ3) is 4.58. The molecule has 8 heteroatoms. The molecule has 1 saturated heterocycles. The van der Waals surface area contributed by atoms with Gasteiger partial charge in [-0.3, -0.25) is 4.79 Å². The van der Waals surface area contributed by atoms with E-state index in [9.17, 15) is 18.0 Å². The quantitative estimate of drug-likeness (QED) is 0.736. The second-order valence-corrected chi connectivity index (χ2v) is 8.21. The number of likely N-dealkylation sites (N-methyl/N-ethyl adjacent to an activating group) is 1. The van der Waals surface area contributed by atoms with E-state index in [0.29, 0.717) is 13.1 Å². The predicted octanol–water partition coefficient (Wildman–Crippen LogP) is 1.49. The summed E-state index contributed by atoms with van der Waals surface area (Å²) in [5.41, 5.74) is 0.205. The van der Waals surface area contributed by atoms with Crippen LogP contribution in [0.1, 0.15) is 36.5 Å². The van der Waals surface area contributed by atoms with Gasteiger partial charge in [-0.1, -0.05) is 6.42 Å². The lowest BCUT2D eigenvalue weighted by Crippen LogP contribution is -2.35. The minimum atomic E-state index is -3.53. The molecule has 0 saturated carbocycles. The Bertz CT molecular complexity index is 722.